The van der Waals surface area contributed by atoms with E-state index in [0.29, 0.717) is 14.6 Å². The lowest BCUT2D eigenvalue weighted by Gasteiger charge is -2.10. The highest BCUT2D eigenvalue weighted by atomic mass is 32.1. The van der Waals surface area contributed by atoms with Crippen LogP contribution in [0.2, 0.25) is 0 Å². The zero-order valence-corrected chi connectivity index (χ0v) is 16.6. The van der Waals surface area contributed by atoms with Crippen molar-refractivity contribution in [3.63, 3.8) is 0 Å². The molecule has 0 radical (unpaired) electrons. The summed E-state index contributed by atoms with van der Waals surface area (Å²) in [6, 6.07) is 13.7. The molecule has 0 amide bonds. The van der Waals surface area contributed by atoms with E-state index in [1.54, 1.807) is 11.7 Å². The number of rotatable bonds is 4. The van der Waals surface area contributed by atoms with Gasteiger partial charge in [0, 0.05) is 17.4 Å². The van der Waals surface area contributed by atoms with Gasteiger partial charge in [-0.05, 0) is 42.4 Å². The number of ether oxygens (including phenoxy) is 1. The van der Waals surface area contributed by atoms with Gasteiger partial charge in [0.1, 0.15) is 5.75 Å². The van der Waals surface area contributed by atoms with Crippen LogP contribution in [0.3, 0.4) is 0 Å². The van der Waals surface area contributed by atoms with Crippen molar-refractivity contribution in [2.24, 2.45) is 4.99 Å². The summed E-state index contributed by atoms with van der Waals surface area (Å²) in [7, 11) is 1.60. The Morgan fingerprint density at radius 2 is 2.04 bits per heavy atom. The number of fused-ring (bicyclic) bond motifs is 1. The van der Waals surface area contributed by atoms with Crippen LogP contribution in [-0.4, -0.2) is 23.0 Å². The molecule has 0 atom stereocenters. The lowest BCUT2D eigenvalue weighted by molar-refractivity contribution is 0.405. The van der Waals surface area contributed by atoms with E-state index in [9.17, 15) is 5.11 Å². The van der Waals surface area contributed by atoms with E-state index in [1.807, 2.05) is 42.6 Å². The summed E-state index contributed by atoms with van der Waals surface area (Å²) in [5.41, 5.74) is 5.00. The molecule has 0 bridgehead atoms. The van der Waals surface area contributed by atoms with Crippen molar-refractivity contribution in [1.82, 2.24) is 4.57 Å². The van der Waals surface area contributed by atoms with Crippen LogP contribution >= 0.6 is 23.6 Å². The van der Waals surface area contributed by atoms with Crippen LogP contribution in [0.25, 0.3) is 17.3 Å². The topological polar surface area (TPSA) is 46.8 Å². The fraction of sp³-hybridized carbons (Fsp3) is 0.143. The molecule has 0 aliphatic carbocycles. The number of para-hydroxylation sites is 3. The van der Waals surface area contributed by atoms with Crippen LogP contribution in [0.15, 0.2) is 47.5 Å². The van der Waals surface area contributed by atoms with Gasteiger partial charge >= 0.3 is 0 Å². The van der Waals surface area contributed by atoms with Crippen LogP contribution in [0.5, 0.6) is 11.6 Å². The second-order valence-electron chi connectivity index (χ2n) is 6.09. The predicted octanol–water partition coefficient (Wildman–Crippen LogP) is 5.80. The quantitative estimate of drug-likeness (QED) is 0.569. The van der Waals surface area contributed by atoms with Gasteiger partial charge in [0.05, 0.1) is 23.4 Å². The Labute approximate surface area is 166 Å². The number of aryl methyl sites for hydroxylation is 1. The Bertz CT molecular complexity index is 1140. The molecule has 0 saturated carbocycles. The molecule has 136 valence electrons. The summed E-state index contributed by atoms with van der Waals surface area (Å²) in [4.78, 5) is 5.27. The van der Waals surface area contributed by atoms with Gasteiger partial charge in [-0.3, -0.25) is 9.56 Å². The second-order valence-corrected chi connectivity index (χ2v) is 7.76. The molecule has 1 aromatic heterocycles. The van der Waals surface area contributed by atoms with Crippen LogP contribution in [-0.2, 0) is 6.42 Å². The molecule has 0 spiro atoms. The largest absolute Gasteiger partial charge is 0.495 e. The first-order valence-electron chi connectivity index (χ1n) is 8.60. The molecule has 6 heteroatoms. The van der Waals surface area contributed by atoms with E-state index in [0.717, 1.165) is 28.9 Å². The highest BCUT2D eigenvalue weighted by Gasteiger charge is 2.19. The van der Waals surface area contributed by atoms with Crippen LogP contribution < -0.4 is 4.74 Å². The van der Waals surface area contributed by atoms with Gasteiger partial charge in [-0.15, -0.1) is 11.3 Å². The highest BCUT2D eigenvalue weighted by molar-refractivity contribution is 7.73. The van der Waals surface area contributed by atoms with E-state index in [4.69, 9.17) is 17.0 Å². The molecule has 0 unspecified atom stereocenters. The molecule has 2 heterocycles. The first kappa shape index (κ1) is 17.7. The monoisotopic (exact) mass is 394 g/mol. The van der Waals surface area contributed by atoms with Gasteiger partial charge in [0.2, 0.25) is 5.88 Å². The molecule has 4 nitrogen and oxygen atoms in total. The Kier molecular flexibility index (Phi) is 4.68. The van der Waals surface area contributed by atoms with Gasteiger partial charge in [-0.1, -0.05) is 37.3 Å². The van der Waals surface area contributed by atoms with E-state index >= 15 is 0 Å². The lowest BCUT2D eigenvalue weighted by atomic mass is 10.0. The minimum Gasteiger partial charge on any atom is -0.495 e. The van der Waals surface area contributed by atoms with Crippen molar-refractivity contribution >= 4 is 47.1 Å². The predicted molar refractivity (Wildman–Crippen MR) is 115 cm³/mol. The molecule has 27 heavy (non-hydrogen) atoms. The van der Waals surface area contributed by atoms with Crippen LogP contribution in [0.4, 0.5) is 5.69 Å². The average molecular weight is 395 g/mol. The Morgan fingerprint density at radius 1 is 1.22 bits per heavy atom. The zero-order chi connectivity index (χ0) is 19.0. The van der Waals surface area contributed by atoms with Crippen molar-refractivity contribution in [1.29, 1.82) is 0 Å². The normalized spacial score (nSPS) is 13.9. The van der Waals surface area contributed by atoms with Crippen LogP contribution in [0.1, 0.15) is 22.9 Å². The number of aliphatic imine (C=N–C) groups is 1. The maximum atomic E-state index is 10.9. The maximum absolute atomic E-state index is 10.9. The van der Waals surface area contributed by atoms with Gasteiger partial charge in [-0.2, -0.15) is 0 Å². The van der Waals surface area contributed by atoms with Crippen LogP contribution in [0, 0.1) is 3.95 Å². The molecule has 1 aliphatic rings. The lowest BCUT2D eigenvalue weighted by Crippen LogP contribution is -1.97. The fourth-order valence-corrected chi connectivity index (χ4v) is 4.51. The van der Waals surface area contributed by atoms with Crippen molar-refractivity contribution in [3.8, 4) is 17.3 Å². The summed E-state index contributed by atoms with van der Waals surface area (Å²) in [5, 5.41) is 10.9. The van der Waals surface area contributed by atoms with E-state index < -0.39 is 0 Å². The fourth-order valence-electron chi connectivity index (χ4n) is 3.22. The SMILES string of the molecule is CCc1cccc2c1N=CC2=Cc1sc(=S)n(-c2ccccc2OC)c1O. The Morgan fingerprint density at radius 3 is 2.81 bits per heavy atom. The number of hydrogen-bond acceptors (Lipinski definition) is 5. The van der Waals surface area contributed by atoms with Gasteiger partial charge in [0.15, 0.2) is 3.95 Å². The molecule has 2 aromatic carbocycles. The van der Waals surface area contributed by atoms with Gasteiger partial charge < -0.3 is 9.84 Å². The summed E-state index contributed by atoms with van der Waals surface area (Å²) >= 11 is 6.87. The summed E-state index contributed by atoms with van der Waals surface area (Å²) < 4.78 is 7.61. The Balaban J connectivity index is 1.82. The number of nitrogens with zero attached hydrogens (tertiary/aromatic N) is 2. The number of benzene rings is 2. The minimum absolute atomic E-state index is 0.107. The third kappa shape index (κ3) is 3.01. The molecule has 4 rings (SSSR count). The third-order valence-corrected chi connectivity index (χ3v) is 5.88. The van der Waals surface area contributed by atoms with E-state index in [1.165, 1.54) is 16.9 Å². The van der Waals surface area contributed by atoms with Crippen molar-refractivity contribution in [2.45, 2.75) is 13.3 Å². The molecule has 3 aromatic rings. The zero-order valence-electron chi connectivity index (χ0n) is 15.0. The minimum atomic E-state index is 0.107. The first-order chi connectivity index (χ1) is 13.1. The average Bonchev–Trinajstić information content (AvgIpc) is 3.22. The second kappa shape index (κ2) is 7.13. The molecule has 1 aliphatic heterocycles. The van der Waals surface area contributed by atoms with Crippen molar-refractivity contribution in [3.05, 3.63) is 62.4 Å². The van der Waals surface area contributed by atoms with E-state index in [2.05, 4.69) is 24.0 Å². The Hall–Kier alpha value is -2.70. The number of methoxy groups -OCH3 is 1. The number of thiazole rings is 1. The number of aromatic nitrogens is 1. The van der Waals surface area contributed by atoms with Gasteiger partial charge in [-0.25, -0.2) is 0 Å². The summed E-state index contributed by atoms with van der Waals surface area (Å²) in [6.45, 7) is 2.12. The van der Waals surface area contributed by atoms with E-state index in [-0.39, 0.29) is 5.88 Å². The highest BCUT2D eigenvalue weighted by Crippen LogP contribution is 2.39. The summed E-state index contributed by atoms with van der Waals surface area (Å²) in [5.74, 6) is 0.761. The number of aromatic hydroxyl groups is 1. The third-order valence-electron chi connectivity index (χ3n) is 4.57. The van der Waals surface area contributed by atoms with Crippen molar-refractivity contribution < 1.29 is 9.84 Å². The molecule has 1 N–H and O–H groups in total. The number of hydrogen-bond donors (Lipinski definition) is 1. The smallest absolute Gasteiger partial charge is 0.215 e. The summed E-state index contributed by atoms with van der Waals surface area (Å²) in [6.07, 6.45) is 4.72. The molecular weight excluding hydrogens is 376 g/mol. The van der Waals surface area contributed by atoms with Gasteiger partial charge in [0.25, 0.3) is 0 Å². The maximum Gasteiger partial charge on any atom is 0.215 e. The molecular formula is C21H18N2O2S2. The standard InChI is InChI=1S/C21H18N2O2S2/c1-3-13-7-6-8-15-14(12-22-19(13)15)11-18-20(24)23(21(26)27-18)16-9-4-5-10-17(16)25-2/h4-12,24H,3H2,1-2H3. The number of allylic oxidation sites excluding steroid dienone is 1. The van der Waals surface area contributed by atoms with Crippen molar-refractivity contribution in [2.75, 3.05) is 7.11 Å². The molecule has 0 fully saturated rings. The first-order valence-corrected chi connectivity index (χ1v) is 9.82. The molecule has 0 saturated heterocycles.